The fraction of sp³-hybridized carbons (Fsp3) is 0.240. The number of amides is 1. The number of aromatic nitrogens is 3. The average molecular weight is 549 g/mol. The van der Waals surface area contributed by atoms with E-state index in [1.165, 1.54) is 30.3 Å². The molecule has 4 rings (SSSR count). The second-order valence-electron chi connectivity index (χ2n) is 8.47. The van der Waals surface area contributed by atoms with E-state index < -0.39 is 29.6 Å². The van der Waals surface area contributed by atoms with Crippen molar-refractivity contribution in [3.63, 3.8) is 0 Å². The molecule has 0 fully saturated rings. The lowest BCUT2D eigenvalue weighted by Crippen LogP contribution is -2.46. The van der Waals surface area contributed by atoms with Gasteiger partial charge in [-0.1, -0.05) is 11.6 Å². The highest BCUT2D eigenvalue weighted by Crippen LogP contribution is 2.34. The number of alkyl halides is 3. The van der Waals surface area contributed by atoms with Crippen LogP contribution in [0.3, 0.4) is 0 Å². The molecule has 38 heavy (non-hydrogen) atoms. The smallest absolute Gasteiger partial charge is 0.400 e. The van der Waals surface area contributed by atoms with Crippen LogP contribution >= 0.6 is 11.6 Å². The lowest BCUT2D eigenvalue weighted by atomic mass is 9.93. The minimum atomic E-state index is -4.69. The third kappa shape index (κ3) is 5.17. The summed E-state index contributed by atoms with van der Waals surface area (Å²) in [7, 11) is 1.39. The Morgan fingerprint density at radius 2 is 2.00 bits per heavy atom. The number of hydrogen-bond donors (Lipinski definition) is 2. The molecule has 2 aromatic heterocycles. The number of pyridine rings is 1. The van der Waals surface area contributed by atoms with Crippen LogP contribution in [0.5, 0.6) is 0 Å². The van der Waals surface area contributed by atoms with Crippen molar-refractivity contribution in [2.75, 3.05) is 13.6 Å². The number of rotatable bonds is 4. The molecule has 0 saturated heterocycles. The first kappa shape index (κ1) is 27.0. The number of halogens is 5. The van der Waals surface area contributed by atoms with Gasteiger partial charge in [0.05, 0.1) is 34.7 Å². The van der Waals surface area contributed by atoms with Gasteiger partial charge in [0.15, 0.2) is 5.69 Å². The number of H-pyrrole nitrogens is 1. The van der Waals surface area contributed by atoms with Crippen LogP contribution in [0.1, 0.15) is 35.1 Å². The van der Waals surface area contributed by atoms with Gasteiger partial charge in [-0.3, -0.25) is 19.6 Å². The number of hydrogen-bond acceptors (Lipinski definition) is 6. The van der Waals surface area contributed by atoms with E-state index in [-0.39, 0.29) is 51.8 Å². The van der Waals surface area contributed by atoms with E-state index in [1.807, 2.05) is 0 Å². The largest absolute Gasteiger partial charge is 0.434 e. The molecule has 1 unspecified atom stereocenters. The van der Waals surface area contributed by atoms with Crippen LogP contribution in [-0.4, -0.2) is 51.1 Å². The molecule has 0 radical (unpaired) electrons. The molecule has 3 N–H and O–H groups in total. The van der Waals surface area contributed by atoms with Gasteiger partial charge in [-0.2, -0.15) is 13.2 Å². The first-order chi connectivity index (χ1) is 17.9. The molecule has 1 aliphatic rings. The quantitative estimate of drug-likeness (QED) is 0.374. The summed E-state index contributed by atoms with van der Waals surface area (Å²) in [4.78, 5) is 40.2. The van der Waals surface area contributed by atoms with Crippen molar-refractivity contribution < 1.29 is 22.4 Å². The molecule has 1 amide bonds. The Hall–Kier alpha value is -4.06. The summed E-state index contributed by atoms with van der Waals surface area (Å²) in [6, 6.07) is 4.14. The van der Waals surface area contributed by atoms with E-state index in [9.17, 15) is 27.2 Å². The van der Waals surface area contributed by atoms with Crippen molar-refractivity contribution >= 4 is 23.2 Å². The summed E-state index contributed by atoms with van der Waals surface area (Å²) >= 11 is 6.51. The predicted molar refractivity (Wildman–Crippen MR) is 133 cm³/mol. The standard InChI is InChI=1S/C25H21ClF4N6O2/c1-12-22(31)15(23(32-2)18-10-33-11-19(35-18)25(28,29)30)5-6-36(12)24(38)17-8-14(27)7-16(21(17)26)13-3-4-20(37)34-9-13/h3-4,7-12H,5-6,31H2,1-2H3,(H,34,37). The highest BCUT2D eigenvalue weighted by Gasteiger charge is 2.35. The molecule has 1 atom stereocenters. The average Bonchev–Trinajstić information content (AvgIpc) is 2.88. The Labute approximate surface area is 218 Å². The molecular weight excluding hydrogens is 528 g/mol. The number of nitrogens with zero attached hydrogens (tertiary/aromatic N) is 4. The number of carbonyl (C=O) groups is 1. The van der Waals surface area contributed by atoms with Gasteiger partial charge < -0.3 is 15.6 Å². The van der Waals surface area contributed by atoms with Gasteiger partial charge in [0, 0.05) is 42.7 Å². The summed E-state index contributed by atoms with van der Waals surface area (Å²) in [5.41, 5.74) is 5.99. The highest BCUT2D eigenvalue weighted by atomic mass is 35.5. The van der Waals surface area contributed by atoms with Gasteiger partial charge in [-0.05, 0) is 37.1 Å². The number of aromatic amines is 1. The summed E-state index contributed by atoms with van der Waals surface area (Å²) in [6.45, 7) is 1.73. The third-order valence-electron chi connectivity index (χ3n) is 6.17. The fourth-order valence-electron chi connectivity index (χ4n) is 4.23. The maximum atomic E-state index is 14.5. The van der Waals surface area contributed by atoms with E-state index in [2.05, 4.69) is 19.9 Å². The number of nitrogens with one attached hydrogen (secondary N) is 1. The van der Waals surface area contributed by atoms with E-state index >= 15 is 0 Å². The van der Waals surface area contributed by atoms with Gasteiger partial charge in [-0.15, -0.1) is 0 Å². The minimum Gasteiger partial charge on any atom is -0.400 e. The minimum absolute atomic E-state index is 0.0148. The number of carbonyl (C=O) groups excluding carboxylic acids is 1. The van der Waals surface area contributed by atoms with Crippen LogP contribution in [0, 0.1) is 5.82 Å². The molecular formula is C25H21ClF4N6O2. The van der Waals surface area contributed by atoms with E-state index in [0.717, 1.165) is 18.3 Å². The molecule has 8 nitrogen and oxygen atoms in total. The topological polar surface area (TPSA) is 117 Å². The van der Waals surface area contributed by atoms with Gasteiger partial charge in [0.25, 0.3) is 5.91 Å². The Morgan fingerprint density at radius 1 is 1.26 bits per heavy atom. The summed E-state index contributed by atoms with van der Waals surface area (Å²) in [6.07, 6.45) is -1.42. The van der Waals surface area contributed by atoms with Crippen molar-refractivity contribution in [1.82, 2.24) is 19.9 Å². The molecule has 1 aromatic carbocycles. The Kier molecular flexibility index (Phi) is 7.36. The zero-order valence-corrected chi connectivity index (χ0v) is 20.9. The van der Waals surface area contributed by atoms with Crippen molar-refractivity contribution in [2.24, 2.45) is 10.7 Å². The van der Waals surface area contributed by atoms with Crippen LogP contribution in [0.4, 0.5) is 17.6 Å². The van der Waals surface area contributed by atoms with Gasteiger partial charge in [0.1, 0.15) is 11.5 Å². The van der Waals surface area contributed by atoms with Crippen LogP contribution < -0.4 is 11.3 Å². The fourth-order valence-corrected chi connectivity index (χ4v) is 4.53. The van der Waals surface area contributed by atoms with Crippen molar-refractivity contribution in [1.29, 1.82) is 0 Å². The number of benzene rings is 1. The maximum absolute atomic E-state index is 14.5. The van der Waals surface area contributed by atoms with Crippen LogP contribution in [0.2, 0.25) is 5.02 Å². The Bertz CT molecular complexity index is 1510. The first-order valence-corrected chi connectivity index (χ1v) is 11.6. The second-order valence-corrected chi connectivity index (χ2v) is 8.85. The van der Waals surface area contributed by atoms with E-state index in [4.69, 9.17) is 17.3 Å². The second kappa shape index (κ2) is 10.4. The number of nitrogens with two attached hydrogens (primary N) is 1. The van der Waals surface area contributed by atoms with E-state index in [1.54, 1.807) is 6.92 Å². The van der Waals surface area contributed by atoms with Gasteiger partial charge in [0.2, 0.25) is 5.56 Å². The molecule has 0 bridgehead atoms. The monoisotopic (exact) mass is 548 g/mol. The van der Waals surface area contributed by atoms with Crippen molar-refractivity contribution in [3.8, 4) is 11.1 Å². The summed E-state index contributed by atoms with van der Waals surface area (Å²) < 4.78 is 54.0. The van der Waals surface area contributed by atoms with Crippen LogP contribution in [0.15, 0.2) is 63.9 Å². The molecule has 3 heterocycles. The molecule has 1 aliphatic heterocycles. The van der Waals surface area contributed by atoms with Gasteiger partial charge in [-0.25, -0.2) is 9.37 Å². The van der Waals surface area contributed by atoms with E-state index in [0.29, 0.717) is 17.3 Å². The van der Waals surface area contributed by atoms with Crippen LogP contribution in [-0.2, 0) is 6.18 Å². The SMILES string of the molecule is CN=C(C1=C(N)C(C)N(C(=O)c2cc(F)cc(-c3ccc(=O)[nH]c3)c2Cl)CC1)c1cncc(C(F)(F)F)n1. The first-order valence-electron chi connectivity index (χ1n) is 11.3. The summed E-state index contributed by atoms with van der Waals surface area (Å²) in [5, 5.41) is -0.0148. The molecule has 3 aromatic rings. The molecule has 0 spiro atoms. The number of aliphatic imine (C=N–C) groups is 1. The van der Waals surface area contributed by atoms with Crippen molar-refractivity contribution in [3.05, 3.63) is 92.3 Å². The molecule has 13 heteroatoms. The Balaban J connectivity index is 1.68. The normalized spacial score (nSPS) is 16.7. The highest BCUT2D eigenvalue weighted by molar-refractivity contribution is 6.36. The molecule has 0 saturated carbocycles. The maximum Gasteiger partial charge on any atom is 0.434 e. The van der Waals surface area contributed by atoms with Crippen molar-refractivity contribution in [2.45, 2.75) is 25.6 Å². The zero-order chi connectivity index (χ0) is 27.8. The summed E-state index contributed by atoms with van der Waals surface area (Å²) in [5.74, 6) is -1.31. The molecule has 198 valence electrons. The zero-order valence-electron chi connectivity index (χ0n) is 20.1. The van der Waals surface area contributed by atoms with Crippen LogP contribution in [0.25, 0.3) is 11.1 Å². The predicted octanol–water partition coefficient (Wildman–Crippen LogP) is 4.21. The lowest BCUT2D eigenvalue weighted by Gasteiger charge is -2.36. The Morgan fingerprint density at radius 3 is 2.63 bits per heavy atom. The van der Waals surface area contributed by atoms with Gasteiger partial charge >= 0.3 is 6.18 Å². The third-order valence-corrected chi connectivity index (χ3v) is 6.58. The lowest BCUT2D eigenvalue weighted by molar-refractivity contribution is -0.141. The molecule has 0 aliphatic carbocycles.